The first kappa shape index (κ1) is 32.8. The van der Waals surface area contributed by atoms with Crippen molar-refractivity contribution in [1.82, 2.24) is 10.2 Å². The van der Waals surface area contributed by atoms with Crippen molar-refractivity contribution in [3.8, 4) is 0 Å². The van der Waals surface area contributed by atoms with Gasteiger partial charge < -0.3 is 10.2 Å². The van der Waals surface area contributed by atoms with Gasteiger partial charge in [0.2, 0.25) is 11.8 Å². The summed E-state index contributed by atoms with van der Waals surface area (Å²) in [5.41, 5.74) is 2.84. The second-order valence-corrected chi connectivity index (χ2v) is 13.1. The zero-order chi connectivity index (χ0) is 31.7. The van der Waals surface area contributed by atoms with Crippen molar-refractivity contribution in [3.63, 3.8) is 0 Å². The quantitative estimate of drug-likeness (QED) is 0.185. The van der Waals surface area contributed by atoms with E-state index < -0.39 is 28.5 Å². The van der Waals surface area contributed by atoms with Gasteiger partial charge in [-0.05, 0) is 67.8 Å². The van der Waals surface area contributed by atoms with Crippen LogP contribution in [0.5, 0.6) is 0 Å². The molecule has 0 radical (unpaired) electrons. The van der Waals surface area contributed by atoms with Crippen LogP contribution in [0.3, 0.4) is 0 Å². The predicted molar refractivity (Wildman–Crippen MR) is 176 cm³/mol. The van der Waals surface area contributed by atoms with Gasteiger partial charge in [-0.15, -0.1) is 0 Å². The van der Waals surface area contributed by atoms with Gasteiger partial charge in [0.15, 0.2) is 0 Å². The molecule has 1 N–H and O–H groups in total. The van der Waals surface area contributed by atoms with Crippen molar-refractivity contribution < 1.29 is 18.0 Å². The number of carbonyl (C=O) groups excluding carboxylic acids is 2. The number of nitrogens with zero attached hydrogens (tertiary/aromatic N) is 2. The second-order valence-electron chi connectivity index (χ2n) is 10.8. The molecule has 44 heavy (non-hydrogen) atoms. The van der Waals surface area contributed by atoms with Gasteiger partial charge in [0.05, 0.1) is 10.6 Å². The highest BCUT2D eigenvalue weighted by atomic mass is 35.5. The number of benzene rings is 4. The third-order valence-corrected chi connectivity index (χ3v) is 9.47. The third-order valence-electron chi connectivity index (χ3n) is 7.45. The van der Waals surface area contributed by atoms with Crippen LogP contribution in [0, 0.1) is 6.92 Å². The van der Waals surface area contributed by atoms with Crippen molar-refractivity contribution in [1.29, 1.82) is 0 Å². The minimum Gasteiger partial charge on any atom is -0.352 e. The van der Waals surface area contributed by atoms with Crippen LogP contribution in [0.2, 0.25) is 5.02 Å². The molecule has 4 aromatic rings. The highest BCUT2D eigenvalue weighted by molar-refractivity contribution is 7.92. The second kappa shape index (κ2) is 15.0. The molecule has 230 valence electrons. The number of hydrogen-bond acceptors (Lipinski definition) is 4. The molecule has 0 fully saturated rings. The van der Waals surface area contributed by atoms with E-state index in [2.05, 4.69) is 5.32 Å². The molecule has 0 aromatic heterocycles. The van der Waals surface area contributed by atoms with Crippen LogP contribution in [-0.4, -0.2) is 43.8 Å². The Bertz CT molecular complexity index is 1650. The molecule has 7 nitrogen and oxygen atoms in total. The van der Waals surface area contributed by atoms with Gasteiger partial charge in [0.25, 0.3) is 10.0 Å². The van der Waals surface area contributed by atoms with E-state index in [1.807, 2.05) is 57.2 Å². The minimum absolute atomic E-state index is 0.0536. The molecular weight excluding hydrogens is 594 g/mol. The molecule has 0 aliphatic carbocycles. The van der Waals surface area contributed by atoms with E-state index in [1.54, 1.807) is 60.7 Å². The summed E-state index contributed by atoms with van der Waals surface area (Å²) in [5, 5.41) is 3.53. The lowest BCUT2D eigenvalue weighted by Gasteiger charge is -2.34. The zero-order valence-electron chi connectivity index (χ0n) is 25.2. The zero-order valence-corrected chi connectivity index (χ0v) is 26.8. The first-order valence-corrected chi connectivity index (χ1v) is 16.4. The van der Waals surface area contributed by atoms with Gasteiger partial charge in [-0.1, -0.05) is 96.9 Å². The summed E-state index contributed by atoms with van der Waals surface area (Å²) >= 11 is 6.30. The highest BCUT2D eigenvalue weighted by Gasteiger charge is 2.35. The fourth-order valence-corrected chi connectivity index (χ4v) is 6.41. The molecule has 4 aromatic carbocycles. The van der Waals surface area contributed by atoms with Crippen molar-refractivity contribution in [3.05, 3.63) is 131 Å². The van der Waals surface area contributed by atoms with Crippen molar-refractivity contribution in [2.45, 2.75) is 57.1 Å². The van der Waals surface area contributed by atoms with E-state index in [1.165, 1.54) is 17.0 Å². The summed E-state index contributed by atoms with van der Waals surface area (Å²) in [6.45, 7) is 5.30. The van der Waals surface area contributed by atoms with Crippen LogP contribution < -0.4 is 9.62 Å². The average Bonchev–Trinajstić information content (AvgIpc) is 3.02. The number of para-hydroxylation sites is 1. The first-order chi connectivity index (χ1) is 21.1. The fraction of sp³-hybridized carbons (Fsp3) is 0.257. The maximum Gasteiger partial charge on any atom is 0.264 e. The number of amides is 2. The fourth-order valence-electron chi connectivity index (χ4n) is 4.79. The number of nitrogens with one attached hydrogen (secondary N) is 1. The Morgan fingerprint density at radius 1 is 0.841 bits per heavy atom. The maximum atomic E-state index is 14.4. The van der Waals surface area contributed by atoms with Crippen molar-refractivity contribution in [2.24, 2.45) is 0 Å². The van der Waals surface area contributed by atoms with Crippen LogP contribution in [0.25, 0.3) is 0 Å². The van der Waals surface area contributed by atoms with Crippen LogP contribution >= 0.6 is 11.6 Å². The molecule has 0 aliphatic rings. The number of anilines is 1. The van der Waals surface area contributed by atoms with E-state index in [0.29, 0.717) is 22.7 Å². The van der Waals surface area contributed by atoms with Gasteiger partial charge in [-0.3, -0.25) is 13.9 Å². The SMILES string of the molecule is CC[C@H](C)NC(=O)[C@H](Cc1ccccc1)N(Cc1cccc(Cl)c1)C(=O)CN(c1ccccc1)S(=O)(=O)c1ccc(C)cc1. The Kier molecular flexibility index (Phi) is 11.2. The average molecular weight is 632 g/mol. The number of halogens is 1. The molecular formula is C35H38ClN3O4S. The summed E-state index contributed by atoms with van der Waals surface area (Å²) in [4.78, 5) is 29.8. The maximum absolute atomic E-state index is 14.4. The molecule has 0 bridgehead atoms. The normalized spacial score (nSPS) is 12.6. The van der Waals surface area contributed by atoms with E-state index in [-0.39, 0.29) is 29.8 Å². The third kappa shape index (κ3) is 8.49. The summed E-state index contributed by atoms with van der Waals surface area (Å²) in [6, 6.07) is 30.6. The Labute approximate surface area is 265 Å². The molecule has 9 heteroatoms. The number of sulfonamides is 1. The Balaban J connectivity index is 1.79. The van der Waals surface area contributed by atoms with Crippen LogP contribution in [0.4, 0.5) is 5.69 Å². The molecule has 0 heterocycles. The summed E-state index contributed by atoms with van der Waals surface area (Å²) in [7, 11) is -4.14. The van der Waals surface area contributed by atoms with Crippen molar-refractivity contribution >= 4 is 39.1 Å². The Morgan fingerprint density at radius 2 is 1.45 bits per heavy atom. The number of carbonyl (C=O) groups is 2. The van der Waals surface area contributed by atoms with Gasteiger partial charge in [-0.2, -0.15) is 0 Å². The topological polar surface area (TPSA) is 86.8 Å². The van der Waals surface area contributed by atoms with Gasteiger partial charge in [0, 0.05) is 24.0 Å². The molecule has 0 unspecified atom stereocenters. The smallest absolute Gasteiger partial charge is 0.264 e. The highest BCUT2D eigenvalue weighted by Crippen LogP contribution is 2.25. The monoisotopic (exact) mass is 631 g/mol. The lowest BCUT2D eigenvalue weighted by Crippen LogP contribution is -2.54. The number of aryl methyl sites for hydroxylation is 1. The van der Waals surface area contributed by atoms with Crippen LogP contribution in [0.15, 0.2) is 114 Å². The van der Waals surface area contributed by atoms with Gasteiger partial charge >= 0.3 is 0 Å². The molecule has 0 saturated heterocycles. The molecule has 0 aliphatic heterocycles. The summed E-state index contributed by atoms with van der Waals surface area (Å²) < 4.78 is 29.2. The number of rotatable bonds is 13. The Hall–Kier alpha value is -4.14. The Morgan fingerprint density at radius 3 is 2.07 bits per heavy atom. The van der Waals surface area contributed by atoms with Gasteiger partial charge in [-0.25, -0.2) is 8.42 Å². The van der Waals surface area contributed by atoms with Crippen molar-refractivity contribution in [2.75, 3.05) is 10.8 Å². The summed E-state index contributed by atoms with van der Waals surface area (Å²) in [6.07, 6.45) is 0.952. The molecule has 2 atom stereocenters. The summed E-state index contributed by atoms with van der Waals surface area (Å²) in [5.74, 6) is -0.837. The largest absolute Gasteiger partial charge is 0.352 e. The predicted octanol–water partition coefficient (Wildman–Crippen LogP) is 6.40. The van der Waals surface area contributed by atoms with E-state index in [9.17, 15) is 18.0 Å². The molecule has 4 rings (SSSR count). The minimum atomic E-state index is -4.14. The van der Waals surface area contributed by atoms with Crippen LogP contribution in [-0.2, 0) is 32.6 Å². The van der Waals surface area contributed by atoms with E-state index in [0.717, 1.165) is 15.4 Å². The van der Waals surface area contributed by atoms with Crippen LogP contribution in [0.1, 0.15) is 37.0 Å². The lowest BCUT2D eigenvalue weighted by molar-refractivity contribution is -0.140. The number of hydrogen-bond donors (Lipinski definition) is 1. The molecule has 2 amide bonds. The van der Waals surface area contributed by atoms with E-state index in [4.69, 9.17) is 11.6 Å². The van der Waals surface area contributed by atoms with Gasteiger partial charge in [0.1, 0.15) is 12.6 Å². The molecule has 0 spiro atoms. The lowest BCUT2D eigenvalue weighted by atomic mass is 10.0. The van der Waals surface area contributed by atoms with E-state index >= 15 is 0 Å². The standard InChI is InChI=1S/C35H38ClN3O4S/c1-4-27(3)37-35(41)33(23-28-12-7-5-8-13-28)38(24-29-14-11-15-30(36)22-29)34(40)25-39(31-16-9-6-10-17-31)44(42,43)32-20-18-26(2)19-21-32/h5-22,27,33H,4,23-25H2,1-3H3,(H,37,41)/t27-,33-/m0/s1. The molecule has 0 saturated carbocycles. The first-order valence-electron chi connectivity index (χ1n) is 14.6.